The Morgan fingerprint density at radius 1 is 1.42 bits per heavy atom. The summed E-state index contributed by atoms with van der Waals surface area (Å²) >= 11 is 0. The van der Waals surface area contributed by atoms with Gasteiger partial charge in [-0.1, -0.05) is 24.3 Å². The van der Waals surface area contributed by atoms with Gasteiger partial charge in [0.15, 0.2) is 6.29 Å². The summed E-state index contributed by atoms with van der Waals surface area (Å²) in [6.07, 6.45) is 8.48. The van der Waals surface area contributed by atoms with E-state index in [0.717, 1.165) is 18.4 Å². The molecule has 0 bridgehead atoms. The third-order valence-corrected chi connectivity index (χ3v) is 6.25. The molecule has 1 fully saturated rings. The number of ether oxygens (including phenoxy) is 2. The lowest BCUT2D eigenvalue weighted by Gasteiger charge is -2.21. The zero-order chi connectivity index (χ0) is 13.9. The van der Waals surface area contributed by atoms with Crippen LogP contribution in [-0.4, -0.2) is 33.9 Å². The minimum atomic E-state index is -1.69. The number of hydrogen-bond donors (Lipinski definition) is 0. The van der Waals surface area contributed by atoms with E-state index in [4.69, 9.17) is 13.9 Å². The van der Waals surface area contributed by atoms with Gasteiger partial charge in [0.05, 0.1) is 19.3 Å². The van der Waals surface area contributed by atoms with Crippen molar-refractivity contribution in [2.24, 2.45) is 0 Å². The summed E-state index contributed by atoms with van der Waals surface area (Å²) in [6.45, 7) is 12.0. The van der Waals surface area contributed by atoms with Gasteiger partial charge < -0.3 is 13.9 Å². The van der Waals surface area contributed by atoms with Gasteiger partial charge in [-0.3, -0.25) is 0 Å². The first-order chi connectivity index (χ1) is 8.99. The van der Waals surface area contributed by atoms with Crippen molar-refractivity contribution in [2.75, 3.05) is 13.2 Å². The van der Waals surface area contributed by atoms with Crippen molar-refractivity contribution in [1.29, 1.82) is 0 Å². The first kappa shape index (κ1) is 14.7. The molecule has 0 aromatic carbocycles. The topological polar surface area (TPSA) is 27.7 Å². The molecule has 1 atom stereocenters. The second-order valence-electron chi connectivity index (χ2n) is 5.64. The van der Waals surface area contributed by atoms with Gasteiger partial charge in [0.2, 0.25) is 8.32 Å². The average Bonchev–Trinajstić information content (AvgIpc) is 2.91. The second kappa shape index (κ2) is 6.18. The van der Waals surface area contributed by atoms with E-state index < -0.39 is 8.32 Å². The Hall–Kier alpha value is -0.683. The van der Waals surface area contributed by atoms with E-state index in [-0.39, 0.29) is 12.4 Å². The zero-order valence-electron chi connectivity index (χ0n) is 12.1. The Morgan fingerprint density at radius 3 is 2.68 bits per heavy atom. The van der Waals surface area contributed by atoms with Crippen LogP contribution < -0.4 is 0 Å². The molecule has 19 heavy (non-hydrogen) atoms. The summed E-state index contributed by atoms with van der Waals surface area (Å²) in [5.41, 5.74) is 1.16. The molecule has 1 saturated heterocycles. The molecule has 2 heterocycles. The van der Waals surface area contributed by atoms with Crippen LogP contribution in [0, 0.1) is 0 Å². The van der Waals surface area contributed by atoms with Crippen molar-refractivity contribution in [3.63, 3.8) is 0 Å². The highest BCUT2D eigenvalue weighted by atomic mass is 28.4. The van der Waals surface area contributed by atoms with Gasteiger partial charge in [-0.25, -0.2) is 0 Å². The number of allylic oxidation sites excluding steroid dienone is 3. The summed E-state index contributed by atoms with van der Waals surface area (Å²) in [4.78, 5) is 0. The molecule has 2 aliphatic rings. The van der Waals surface area contributed by atoms with E-state index in [9.17, 15) is 0 Å². The molecule has 2 aliphatic heterocycles. The fourth-order valence-corrected chi connectivity index (χ4v) is 5.30. The van der Waals surface area contributed by atoms with Gasteiger partial charge in [0, 0.05) is 0 Å². The summed E-state index contributed by atoms with van der Waals surface area (Å²) < 4.78 is 16.9. The third-order valence-electron chi connectivity index (χ3n) is 3.47. The monoisotopic (exact) mass is 280 g/mol. The standard InChI is InChI=1S/C15H24O3Si/c1-12(2)14-11-13(18-19(14,3)4)7-5-6-8-15-16-9-10-17-15/h6,8,11,13,15H,1,5,7,9-10H2,2-4H3/b8-6+. The first-order valence-electron chi connectivity index (χ1n) is 6.95. The van der Waals surface area contributed by atoms with Crippen molar-refractivity contribution in [3.05, 3.63) is 35.6 Å². The van der Waals surface area contributed by atoms with E-state index in [1.165, 1.54) is 5.20 Å². The van der Waals surface area contributed by atoms with E-state index >= 15 is 0 Å². The normalized spacial score (nSPS) is 27.1. The molecule has 2 rings (SSSR count). The Bertz CT molecular complexity index is 392. The predicted octanol–water partition coefficient (Wildman–Crippen LogP) is 3.34. The molecule has 0 aliphatic carbocycles. The Morgan fingerprint density at radius 2 is 2.11 bits per heavy atom. The maximum absolute atomic E-state index is 6.18. The highest BCUT2D eigenvalue weighted by Crippen LogP contribution is 2.32. The van der Waals surface area contributed by atoms with Crippen LogP contribution in [0.1, 0.15) is 19.8 Å². The van der Waals surface area contributed by atoms with Crippen LogP contribution in [-0.2, 0) is 13.9 Å². The third kappa shape index (κ3) is 3.89. The van der Waals surface area contributed by atoms with Gasteiger partial charge >= 0.3 is 0 Å². The summed E-state index contributed by atoms with van der Waals surface area (Å²) in [7, 11) is -1.69. The molecule has 0 aromatic heterocycles. The minimum absolute atomic E-state index is 0.142. The smallest absolute Gasteiger partial charge is 0.218 e. The molecular formula is C15H24O3Si. The largest absolute Gasteiger partial charge is 0.407 e. The van der Waals surface area contributed by atoms with Crippen LogP contribution in [0.3, 0.4) is 0 Å². The van der Waals surface area contributed by atoms with Crippen LogP contribution in [0.25, 0.3) is 0 Å². The fraction of sp³-hybridized carbons (Fsp3) is 0.600. The minimum Gasteiger partial charge on any atom is -0.407 e. The van der Waals surface area contributed by atoms with Crippen molar-refractivity contribution < 1.29 is 13.9 Å². The molecular weight excluding hydrogens is 256 g/mol. The van der Waals surface area contributed by atoms with Gasteiger partial charge in [0.25, 0.3) is 0 Å². The van der Waals surface area contributed by atoms with Crippen LogP contribution in [0.15, 0.2) is 35.6 Å². The highest BCUT2D eigenvalue weighted by molar-refractivity contribution is 6.80. The Labute approximate surface area is 117 Å². The number of hydrogen-bond acceptors (Lipinski definition) is 3. The highest BCUT2D eigenvalue weighted by Gasteiger charge is 2.36. The quantitative estimate of drug-likeness (QED) is 0.571. The van der Waals surface area contributed by atoms with Crippen molar-refractivity contribution in [1.82, 2.24) is 0 Å². The van der Waals surface area contributed by atoms with E-state index in [1.54, 1.807) is 0 Å². The van der Waals surface area contributed by atoms with E-state index in [0.29, 0.717) is 13.2 Å². The summed E-state index contributed by atoms with van der Waals surface area (Å²) in [6, 6.07) is 0. The first-order valence-corrected chi connectivity index (χ1v) is 9.86. The molecule has 0 radical (unpaired) electrons. The Kier molecular flexibility index (Phi) is 4.79. The molecule has 0 spiro atoms. The maximum atomic E-state index is 6.18. The van der Waals surface area contributed by atoms with Crippen molar-refractivity contribution >= 4 is 8.32 Å². The lowest BCUT2D eigenvalue weighted by molar-refractivity contribution is -0.00176. The molecule has 0 saturated carbocycles. The Balaban J connectivity index is 1.79. The lowest BCUT2D eigenvalue weighted by Crippen LogP contribution is -2.31. The van der Waals surface area contributed by atoms with E-state index in [2.05, 4.69) is 38.7 Å². The second-order valence-corrected chi connectivity index (χ2v) is 9.44. The SMILES string of the molecule is C=C(C)C1=CC(CC/C=C/C2OCCO2)O[Si]1(C)C. The van der Waals surface area contributed by atoms with Gasteiger partial charge in [-0.2, -0.15) is 0 Å². The molecule has 106 valence electrons. The van der Waals surface area contributed by atoms with Gasteiger partial charge in [0.1, 0.15) is 0 Å². The van der Waals surface area contributed by atoms with Crippen LogP contribution in [0.5, 0.6) is 0 Å². The molecule has 4 heteroatoms. The lowest BCUT2D eigenvalue weighted by atomic mass is 10.1. The van der Waals surface area contributed by atoms with E-state index in [1.807, 2.05) is 6.08 Å². The summed E-state index contributed by atoms with van der Waals surface area (Å²) in [5, 5.41) is 1.36. The molecule has 0 N–H and O–H groups in total. The maximum Gasteiger partial charge on any atom is 0.218 e. The average molecular weight is 280 g/mol. The number of rotatable bonds is 5. The van der Waals surface area contributed by atoms with Crippen LogP contribution >= 0.6 is 0 Å². The zero-order valence-corrected chi connectivity index (χ0v) is 13.1. The van der Waals surface area contributed by atoms with Crippen molar-refractivity contribution in [3.8, 4) is 0 Å². The molecule has 3 nitrogen and oxygen atoms in total. The molecule has 0 aromatic rings. The van der Waals surface area contributed by atoms with Crippen LogP contribution in [0.4, 0.5) is 0 Å². The van der Waals surface area contributed by atoms with Gasteiger partial charge in [-0.05, 0) is 44.1 Å². The predicted molar refractivity (Wildman–Crippen MR) is 79.3 cm³/mol. The fourth-order valence-electron chi connectivity index (χ4n) is 2.62. The molecule has 0 amide bonds. The summed E-state index contributed by atoms with van der Waals surface area (Å²) in [5.74, 6) is 0. The van der Waals surface area contributed by atoms with Crippen molar-refractivity contribution in [2.45, 2.75) is 45.3 Å². The molecule has 1 unspecified atom stereocenters. The van der Waals surface area contributed by atoms with Crippen LogP contribution in [0.2, 0.25) is 13.1 Å². The van der Waals surface area contributed by atoms with Gasteiger partial charge in [-0.15, -0.1) is 0 Å².